The first-order valence-electron chi connectivity index (χ1n) is 5.69. The van der Waals surface area contributed by atoms with E-state index in [0.29, 0.717) is 28.8 Å². The van der Waals surface area contributed by atoms with Crippen molar-refractivity contribution in [1.82, 2.24) is 9.88 Å². The highest BCUT2D eigenvalue weighted by atomic mass is 32.1. The van der Waals surface area contributed by atoms with E-state index in [2.05, 4.69) is 4.98 Å². The molecule has 2 unspecified atom stereocenters. The summed E-state index contributed by atoms with van der Waals surface area (Å²) in [5, 5.41) is 10.2. The summed E-state index contributed by atoms with van der Waals surface area (Å²) >= 11 is 1.21. The second-order valence-corrected chi connectivity index (χ2v) is 5.58. The van der Waals surface area contributed by atoms with Crippen LogP contribution in [-0.4, -0.2) is 40.1 Å². The van der Waals surface area contributed by atoms with E-state index in [-0.39, 0.29) is 11.8 Å². The van der Waals surface area contributed by atoms with Crippen molar-refractivity contribution in [2.24, 2.45) is 5.92 Å². The summed E-state index contributed by atoms with van der Waals surface area (Å²) in [7, 11) is 0. The van der Waals surface area contributed by atoms with Crippen molar-refractivity contribution in [3.05, 3.63) is 10.6 Å². The van der Waals surface area contributed by atoms with Gasteiger partial charge in [-0.2, -0.15) is 0 Å². The van der Waals surface area contributed by atoms with Gasteiger partial charge in [0.1, 0.15) is 4.88 Å². The molecule has 2 rings (SSSR count). The fraction of sp³-hybridized carbons (Fsp3) is 0.636. The maximum Gasteiger partial charge on any atom is 0.266 e. The maximum atomic E-state index is 12.2. The van der Waals surface area contributed by atoms with Gasteiger partial charge in [0.25, 0.3) is 5.91 Å². The van der Waals surface area contributed by atoms with Crippen LogP contribution in [0.25, 0.3) is 0 Å². The predicted octanol–water partition coefficient (Wildman–Crippen LogP) is 0.877. The molecule has 1 saturated heterocycles. The van der Waals surface area contributed by atoms with Crippen LogP contribution >= 0.6 is 11.3 Å². The molecule has 0 saturated carbocycles. The lowest BCUT2D eigenvalue weighted by Crippen LogP contribution is -2.45. The molecule has 1 aliphatic heterocycles. The van der Waals surface area contributed by atoms with E-state index in [4.69, 9.17) is 5.73 Å². The quantitative estimate of drug-likeness (QED) is 0.780. The van der Waals surface area contributed by atoms with Gasteiger partial charge in [-0.25, -0.2) is 4.98 Å². The van der Waals surface area contributed by atoms with Crippen molar-refractivity contribution in [3.8, 4) is 0 Å². The van der Waals surface area contributed by atoms with E-state index in [1.54, 1.807) is 11.8 Å². The van der Waals surface area contributed by atoms with Crippen LogP contribution in [0.5, 0.6) is 0 Å². The number of thiazole rings is 1. The Labute approximate surface area is 104 Å². The lowest BCUT2D eigenvalue weighted by molar-refractivity contribution is 0.0251. The summed E-state index contributed by atoms with van der Waals surface area (Å²) in [6, 6.07) is 0. The Bertz CT molecular complexity index is 432. The number of amides is 1. The van der Waals surface area contributed by atoms with Crippen molar-refractivity contribution in [3.63, 3.8) is 0 Å². The molecule has 17 heavy (non-hydrogen) atoms. The molecule has 6 heteroatoms. The number of aliphatic hydroxyl groups excluding tert-OH is 1. The van der Waals surface area contributed by atoms with Crippen molar-refractivity contribution < 1.29 is 9.90 Å². The average molecular weight is 255 g/mol. The van der Waals surface area contributed by atoms with Crippen molar-refractivity contribution in [1.29, 1.82) is 0 Å². The van der Waals surface area contributed by atoms with Crippen LogP contribution in [0, 0.1) is 12.8 Å². The van der Waals surface area contributed by atoms with Gasteiger partial charge in [0.05, 0.1) is 11.8 Å². The molecule has 0 spiro atoms. The normalized spacial score (nSPS) is 25.0. The number of hydrogen-bond donors (Lipinski definition) is 2. The molecule has 2 heterocycles. The van der Waals surface area contributed by atoms with Crippen LogP contribution in [0.3, 0.4) is 0 Å². The molecule has 94 valence electrons. The Balaban J connectivity index is 2.13. The van der Waals surface area contributed by atoms with Crippen LogP contribution < -0.4 is 5.73 Å². The SMILES string of the molecule is Cc1nc(N)sc1C(=O)N1CCC(C)C(O)C1. The number of carbonyl (C=O) groups excluding carboxylic acids is 1. The number of nitrogens with zero attached hydrogens (tertiary/aromatic N) is 2. The van der Waals surface area contributed by atoms with Gasteiger partial charge in [0.15, 0.2) is 5.13 Å². The third kappa shape index (κ3) is 2.42. The average Bonchev–Trinajstić information content (AvgIpc) is 2.61. The Morgan fingerprint density at radius 2 is 2.35 bits per heavy atom. The minimum absolute atomic E-state index is 0.0670. The van der Waals surface area contributed by atoms with Crippen LogP contribution in [0.15, 0.2) is 0 Å². The number of β-amino-alcohol motifs (C(OH)–C–C–N with tert-alkyl or cyclic N) is 1. The molecule has 0 aromatic carbocycles. The first kappa shape index (κ1) is 12.3. The molecule has 1 aromatic rings. The number of aromatic nitrogens is 1. The number of aryl methyl sites for hydroxylation is 1. The summed E-state index contributed by atoms with van der Waals surface area (Å²) < 4.78 is 0. The molecule has 0 radical (unpaired) electrons. The first-order chi connectivity index (χ1) is 7.99. The maximum absolute atomic E-state index is 12.2. The van der Waals surface area contributed by atoms with Crippen LogP contribution in [-0.2, 0) is 0 Å². The second kappa shape index (κ2) is 4.62. The Morgan fingerprint density at radius 3 is 2.88 bits per heavy atom. The monoisotopic (exact) mass is 255 g/mol. The standard InChI is InChI=1S/C11H17N3O2S/c1-6-3-4-14(5-8(6)15)10(16)9-7(2)13-11(12)17-9/h6,8,15H,3-5H2,1-2H3,(H2,12,13). The number of nitrogens with two attached hydrogens (primary N) is 1. The lowest BCUT2D eigenvalue weighted by atomic mass is 9.96. The summed E-state index contributed by atoms with van der Waals surface area (Å²) in [6.45, 7) is 4.87. The van der Waals surface area contributed by atoms with Gasteiger partial charge in [-0.15, -0.1) is 0 Å². The van der Waals surface area contributed by atoms with E-state index in [0.717, 1.165) is 6.42 Å². The number of piperidine rings is 1. The zero-order valence-electron chi connectivity index (χ0n) is 10.0. The lowest BCUT2D eigenvalue weighted by Gasteiger charge is -2.34. The van der Waals surface area contributed by atoms with Crippen LogP contribution in [0.1, 0.15) is 28.7 Å². The molecule has 1 fully saturated rings. The third-order valence-corrected chi connectivity index (χ3v) is 4.19. The Kier molecular flexibility index (Phi) is 3.35. The number of likely N-dealkylation sites (tertiary alicyclic amines) is 1. The Morgan fingerprint density at radius 1 is 1.65 bits per heavy atom. The van der Waals surface area contributed by atoms with Gasteiger partial charge in [0.2, 0.25) is 0 Å². The predicted molar refractivity (Wildman–Crippen MR) is 67.0 cm³/mol. The Hall–Kier alpha value is -1.14. The highest BCUT2D eigenvalue weighted by Gasteiger charge is 2.29. The zero-order valence-corrected chi connectivity index (χ0v) is 10.8. The van der Waals surface area contributed by atoms with E-state index < -0.39 is 6.10 Å². The molecule has 0 bridgehead atoms. The van der Waals surface area contributed by atoms with Crippen LogP contribution in [0.4, 0.5) is 5.13 Å². The molecule has 1 aromatic heterocycles. The topological polar surface area (TPSA) is 79.5 Å². The fourth-order valence-electron chi connectivity index (χ4n) is 1.99. The first-order valence-corrected chi connectivity index (χ1v) is 6.51. The van der Waals surface area contributed by atoms with Crippen molar-refractivity contribution in [2.45, 2.75) is 26.4 Å². The van der Waals surface area contributed by atoms with E-state index in [1.165, 1.54) is 11.3 Å². The van der Waals surface area contributed by atoms with E-state index in [9.17, 15) is 9.90 Å². The number of aliphatic hydroxyl groups is 1. The summed E-state index contributed by atoms with van der Waals surface area (Å²) in [4.78, 5) is 18.5. The largest absolute Gasteiger partial charge is 0.391 e. The molecular formula is C11H17N3O2S. The third-order valence-electron chi connectivity index (χ3n) is 3.21. The van der Waals surface area contributed by atoms with E-state index >= 15 is 0 Å². The molecule has 1 aliphatic rings. The van der Waals surface area contributed by atoms with Crippen LogP contribution in [0.2, 0.25) is 0 Å². The molecule has 1 amide bonds. The van der Waals surface area contributed by atoms with E-state index in [1.807, 2.05) is 6.92 Å². The summed E-state index contributed by atoms with van der Waals surface area (Å²) in [6.07, 6.45) is 0.401. The zero-order chi connectivity index (χ0) is 12.6. The second-order valence-electron chi connectivity index (χ2n) is 4.55. The van der Waals surface area contributed by atoms with Gasteiger partial charge >= 0.3 is 0 Å². The highest BCUT2D eigenvalue weighted by Crippen LogP contribution is 2.24. The van der Waals surface area contributed by atoms with Gasteiger partial charge in [-0.3, -0.25) is 4.79 Å². The fourth-order valence-corrected chi connectivity index (χ4v) is 2.79. The minimum atomic E-state index is -0.432. The van der Waals surface area contributed by atoms with Gasteiger partial charge in [-0.1, -0.05) is 18.3 Å². The molecule has 3 N–H and O–H groups in total. The number of carbonyl (C=O) groups is 1. The summed E-state index contributed by atoms with van der Waals surface area (Å²) in [5.74, 6) is 0.189. The van der Waals surface area contributed by atoms with Crippen molar-refractivity contribution in [2.75, 3.05) is 18.8 Å². The highest BCUT2D eigenvalue weighted by molar-refractivity contribution is 7.17. The molecule has 5 nitrogen and oxygen atoms in total. The molecule has 2 atom stereocenters. The van der Waals surface area contributed by atoms with Gasteiger partial charge in [-0.05, 0) is 19.3 Å². The summed E-state index contributed by atoms with van der Waals surface area (Å²) in [5.41, 5.74) is 6.26. The number of hydrogen-bond acceptors (Lipinski definition) is 5. The molecule has 0 aliphatic carbocycles. The van der Waals surface area contributed by atoms with Crippen molar-refractivity contribution >= 4 is 22.4 Å². The molecular weight excluding hydrogens is 238 g/mol. The minimum Gasteiger partial charge on any atom is -0.391 e. The van der Waals surface area contributed by atoms with Gasteiger partial charge < -0.3 is 15.7 Å². The smallest absolute Gasteiger partial charge is 0.266 e. The van der Waals surface area contributed by atoms with Gasteiger partial charge in [0, 0.05) is 13.1 Å². The number of anilines is 1. The number of nitrogen functional groups attached to an aromatic ring is 1. The number of rotatable bonds is 1.